The van der Waals surface area contributed by atoms with E-state index in [0.29, 0.717) is 0 Å². The van der Waals surface area contributed by atoms with Crippen molar-refractivity contribution >= 4 is 58.3 Å². The van der Waals surface area contributed by atoms with Crippen LogP contribution in [0.3, 0.4) is 0 Å². The first-order chi connectivity index (χ1) is 15.1. The van der Waals surface area contributed by atoms with Crippen LogP contribution < -0.4 is 4.74 Å². The van der Waals surface area contributed by atoms with Crippen LogP contribution in [0.4, 0.5) is 0 Å². The molecule has 7 nitrogen and oxygen atoms in total. The molecular weight excluding hydrogens is 506 g/mol. The monoisotopic (exact) mass is 512 g/mol. The van der Waals surface area contributed by atoms with Crippen LogP contribution in [-0.4, -0.2) is 27.3 Å². The van der Waals surface area contributed by atoms with Gasteiger partial charge in [-0.3, -0.25) is 0 Å². The number of halogens is 4. The standard InChI is InChI=1S/C21H8Cl4O7/c22-12-10(26)4-3-9-17(12)31-18-11(13(23)14(24)16(27)15(18)25)21(9)8-2-1-6(19(28)29)5-7(8)20(30)32-21/h1-5,26-27H,(H,28,29). The second-order valence-corrected chi connectivity index (χ2v) is 8.52. The van der Waals surface area contributed by atoms with E-state index in [1.807, 2.05) is 0 Å². The normalized spacial score (nSPS) is 17.9. The van der Waals surface area contributed by atoms with Crippen LogP contribution in [0.15, 0.2) is 30.3 Å². The fraction of sp³-hybridized carbons (Fsp3) is 0.0476. The third kappa shape index (κ3) is 2.50. The van der Waals surface area contributed by atoms with E-state index in [1.54, 1.807) is 0 Å². The lowest BCUT2D eigenvalue weighted by Crippen LogP contribution is -2.33. The molecule has 1 unspecified atom stereocenters. The molecule has 0 radical (unpaired) electrons. The fourth-order valence-corrected chi connectivity index (χ4v) is 4.96. The van der Waals surface area contributed by atoms with E-state index in [-0.39, 0.29) is 65.2 Å². The van der Waals surface area contributed by atoms with E-state index in [4.69, 9.17) is 55.9 Å². The number of fused-ring (bicyclic) bond motifs is 6. The number of rotatable bonds is 1. The largest absolute Gasteiger partial charge is 0.506 e. The Hall–Kier alpha value is -2.84. The molecular formula is C21H8Cl4O7. The van der Waals surface area contributed by atoms with Gasteiger partial charge < -0.3 is 24.8 Å². The summed E-state index contributed by atoms with van der Waals surface area (Å²) in [6.07, 6.45) is 0. The summed E-state index contributed by atoms with van der Waals surface area (Å²) in [6, 6.07) is 6.54. The minimum atomic E-state index is -1.80. The highest BCUT2D eigenvalue weighted by Crippen LogP contribution is 2.63. The molecule has 11 heteroatoms. The van der Waals surface area contributed by atoms with Crippen LogP contribution in [-0.2, 0) is 10.3 Å². The van der Waals surface area contributed by atoms with Gasteiger partial charge in [0.05, 0.1) is 21.7 Å². The van der Waals surface area contributed by atoms with E-state index in [0.717, 1.165) is 0 Å². The van der Waals surface area contributed by atoms with Crippen molar-refractivity contribution in [3.8, 4) is 23.0 Å². The zero-order valence-corrected chi connectivity index (χ0v) is 18.4. The lowest BCUT2D eigenvalue weighted by atomic mass is 9.77. The number of hydrogen-bond donors (Lipinski definition) is 3. The Morgan fingerprint density at radius 3 is 2.25 bits per heavy atom. The zero-order chi connectivity index (χ0) is 23.1. The predicted molar refractivity (Wildman–Crippen MR) is 115 cm³/mol. The molecule has 5 rings (SSSR count). The summed E-state index contributed by atoms with van der Waals surface area (Å²) in [5.74, 6) is -3.27. The van der Waals surface area contributed by atoms with Crippen LogP contribution in [0.25, 0.3) is 0 Å². The maximum atomic E-state index is 12.9. The molecule has 3 aromatic carbocycles. The van der Waals surface area contributed by atoms with E-state index < -0.39 is 23.3 Å². The topological polar surface area (TPSA) is 113 Å². The molecule has 32 heavy (non-hydrogen) atoms. The summed E-state index contributed by atoms with van der Waals surface area (Å²) in [6.45, 7) is 0. The molecule has 0 bridgehead atoms. The number of phenolic OH excluding ortho intramolecular Hbond substituents is 2. The Labute approximate surface area is 199 Å². The van der Waals surface area contributed by atoms with Gasteiger partial charge in [0.15, 0.2) is 22.8 Å². The van der Waals surface area contributed by atoms with Crippen molar-refractivity contribution < 1.29 is 34.4 Å². The van der Waals surface area contributed by atoms with Gasteiger partial charge in [0.25, 0.3) is 0 Å². The summed E-state index contributed by atoms with van der Waals surface area (Å²) in [5, 5.41) is 28.7. The lowest BCUT2D eigenvalue weighted by Gasteiger charge is -2.38. The van der Waals surface area contributed by atoms with Gasteiger partial charge in [-0.2, -0.15) is 0 Å². The maximum Gasteiger partial charge on any atom is 0.340 e. The van der Waals surface area contributed by atoms with Crippen LogP contribution in [0.2, 0.25) is 20.1 Å². The van der Waals surface area contributed by atoms with Gasteiger partial charge >= 0.3 is 11.9 Å². The molecule has 0 saturated carbocycles. The van der Waals surface area contributed by atoms with Crippen molar-refractivity contribution in [2.75, 3.05) is 0 Å². The Balaban J connectivity index is 1.97. The first-order valence-corrected chi connectivity index (χ1v) is 10.3. The van der Waals surface area contributed by atoms with E-state index in [9.17, 15) is 24.9 Å². The molecule has 1 atom stereocenters. The maximum absolute atomic E-state index is 12.9. The van der Waals surface area contributed by atoms with E-state index in [2.05, 4.69) is 0 Å². The second-order valence-electron chi connectivity index (χ2n) is 7.01. The molecule has 162 valence electrons. The third-order valence-electron chi connectivity index (χ3n) is 5.38. The summed E-state index contributed by atoms with van der Waals surface area (Å²) >= 11 is 25.3. The lowest BCUT2D eigenvalue weighted by molar-refractivity contribution is 0.0224. The zero-order valence-electron chi connectivity index (χ0n) is 15.4. The first kappa shape index (κ1) is 21.0. The van der Waals surface area contributed by atoms with Gasteiger partial charge in [-0.25, -0.2) is 9.59 Å². The van der Waals surface area contributed by atoms with Crippen molar-refractivity contribution in [3.05, 3.63) is 78.2 Å². The highest BCUT2D eigenvalue weighted by molar-refractivity contribution is 6.46. The fourth-order valence-electron chi connectivity index (χ4n) is 3.98. The minimum absolute atomic E-state index is 0.0106. The number of phenols is 2. The second kappa shape index (κ2) is 6.83. The van der Waals surface area contributed by atoms with Gasteiger partial charge in [0.2, 0.25) is 0 Å². The van der Waals surface area contributed by atoms with Crippen molar-refractivity contribution in [1.82, 2.24) is 0 Å². The Morgan fingerprint density at radius 1 is 0.875 bits per heavy atom. The molecule has 2 aliphatic heterocycles. The minimum Gasteiger partial charge on any atom is -0.506 e. The number of carbonyl (C=O) groups excluding carboxylic acids is 1. The summed E-state index contributed by atoms with van der Waals surface area (Å²) < 4.78 is 11.7. The molecule has 0 amide bonds. The summed E-state index contributed by atoms with van der Waals surface area (Å²) in [4.78, 5) is 24.4. The Bertz CT molecular complexity index is 1400. The Morgan fingerprint density at radius 2 is 1.56 bits per heavy atom. The summed E-state index contributed by atoms with van der Waals surface area (Å²) in [7, 11) is 0. The molecule has 0 fully saturated rings. The van der Waals surface area contributed by atoms with Crippen molar-refractivity contribution in [2.45, 2.75) is 5.60 Å². The van der Waals surface area contributed by atoms with E-state index in [1.165, 1.54) is 30.3 Å². The highest BCUT2D eigenvalue weighted by atomic mass is 35.5. The number of aromatic hydroxyl groups is 2. The third-order valence-corrected chi connectivity index (χ3v) is 6.94. The quantitative estimate of drug-likeness (QED) is 0.271. The number of benzene rings is 3. The molecule has 0 aromatic heterocycles. The number of aromatic carboxylic acids is 1. The van der Waals surface area contributed by atoms with Crippen molar-refractivity contribution in [3.63, 3.8) is 0 Å². The van der Waals surface area contributed by atoms with Gasteiger partial charge in [0, 0.05) is 11.1 Å². The summed E-state index contributed by atoms with van der Waals surface area (Å²) in [5.41, 5.74) is -1.56. The van der Waals surface area contributed by atoms with Gasteiger partial charge in [-0.05, 0) is 24.3 Å². The first-order valence-electron chi connectivity index (χ1n) is 8.80. The number of carbonyl (C=O) groups is 2. The average Bonchev–Trinajstić information content (AvgIpc) is 3.05. The number of carboxylic acids is 1. The number of hydrogen-bond acceptors (Lipinski definition) is 6. The number of ether oxygens (including phenoxy) is 2. The molecule has 1 spiro atoms. The molecule has 0 aliphatic carbocycles. The molecule has 0 saturated heterocycles. The molecule has 2 heterocycles. The predicted octanol–water partition coefficient (Wildman–Crippen LogP) is 5.98. The highest BCUT2D eigenvalue weighted by Gasteiger charge is 2.56. The van der Waals surface area contributed by atoms with Crippen LogP contribution in [0, 0.1) is 0 Å². The smallest absolute Gasteiger partial charge is 0.340 e. The van der Waals surface area contributed by atoms with Gasteiger partial charge in [-0.1, -0.05) is 52.5 Å². The van der Waals surface area contributed by atoms with Crippen molar-refractivity contribution in [2.24, 2.45) is 0 Å². The van der Waals surface area contributed by atoms with Crippen molar-refractivity contribution in [1.29, 1.82) is 0 Å². The number of carboxylic acid groups (broad SMARTS) is 1. The number of esters is 1. The van der Waals surface area contributed by atoms with Gasteiger partial charge in [-0.15, -0.1) is 0 Å². The SMILES string of the molecule is O=C(O)c1ccc2c(c1)C(=O)OC21c2ccc(O)c(Cl)c2Oc2c(Cl)c(O)c(Cl)c(Cl)c21. The Kier molecular flexibility index (Phi) is 4.49. The molecule has 3 aromatic rings. The van der Waals surface area contributed by atoms with Crippen LogP contribution >= 0.6 is 46.4 Å². The van der Waals surface area contributed by atoms with Crippen LogP contribution in [0.5, 0.6) is 23.0 Å². The van der Waals surface area contributed by atoms with Crippen LogP contribution in [0.1, 0.15) is 37.4 Å². The molecule has 2 aliphatic rings. The van der Waals surface area contributed by atoms with E-state index >= 15 is 0 Å². The van der Waals surface area contributed by atoms with Gasteiger partial charge in [0.1, 0.15) is 20.8 Å². The molecule has 3 N–H and O–H groups in total. The average molecular weight is 514 g/mol.